The van der Waals surface area contributed by atoms with E-state index >= 15 is 0 Å². The van der Waals surface area contributed by atoms with Gasteiger partial charge in [-0.25, -0.2) is 9.67 Å². The summed E-state index contributed by atoms with van der Waals surface area (Å²) in [7, 11) is 0. The van der Waals surface area contributed by atoms with Crippen LogP contribution in [0.2, 0.25) is 5.02 Å². The van der Waals surface area contributed by atoms with Crippen molar-refractivity contribution in [2.24, 2.45) is 5.92 Å². The molecular weight excluding hydrogens is 302 g/mol. The van der Waals surface area contributed by atoms with Crippen LogP contribution in [0.15, 0.2) is 43.5 Å². The highest BCUT2D eigenvalue weighted by molar-refractivity contribution is 6.31. The van der Waals surface area contributed by atoms with E-state index < -0.39 is 5.60 Å². The van der Waals surface area contributed by atoms with E-state index in [0.29, 0.717) is 29.5 Å². The van der Waals surface area contributed by atoms with E-state index in [9.17, 15) is 5.11 Å². The van der Waals surface area contributed by atoms with Crippen LogP contribution in [0.25, 0.3) is 0 Å². The molecule has 0 aliphatic heterocycles. The maximum Gasteiger partial charge on any atom is 0.137 e. The number of hydrogen-bond donors (Lipinski definition) is 1. The van der Waals surface area contributed by atoms with Gasteiger partial charge in [0.2, 0.25) is 0 Å². The molecule has 0 bridgehead atoms. The smallest absolute Gasteiger partial charge is 0.137 e. The molecule has 2 aromatic rings. The fourth-order valence-electron chi connectivity index (χ4n) is 2.65. The summed E-state index contributed by atoms with van der Waals surface area (Å²) in [6.45, 7) is 4.37. The highest BCUT2D eigenvalue weighted by Gasteiger charge is 2.46. The van der Waals surface area contributed by atoms with Crippen LogP contribution in [0.1, 0.15) is 18.4 Å². The molecule has 1 fully saturated rings. The third kappa shape index (κ3) is 3.00. The van der Waals surface area contributed by atoms with Crippen LogP contribution in [0.4, 0.5) is 0 Å². The number of nitrogens with zero attached hydrogens (tertiary/aromatic N) is 3. The Balaban J connectivity index is 1.89. The summed E-state index contributed by atoms with van der Waals surface area (Å²) in [6, 6.07) is 5.38. The first-order chi connectivity index (χ1) is 10.6. The second-order valence-corrected chi connectivity index (χ2v) is 5.94. The zero-order chi connectivity index (χ0) is 15.6. The van der Waals surface area contributed by atoms with Crippen LogP contribution < -0.4 is 4.74 Å². The van der Waals surface area contributed by atoms with Gasteiger partial charge in [-0.3, -0.25) is 0 Å². The van der Waals surface area contributed by atoms with Gasteiger partial charge >= 0.3 is 0 Å². The minimum atomic E-state index is -1.04. The molecule has 0 amide bonds. The molecule has 1 aliphatic carbocycles. The van der Waals surface area contributed by atoms with Crippen molar-refractivity contribution in [1.82, 2.24) is 14.8 Å². The van der Waals surface area contributed by atoms with Crippen LogP contribution in [0, 0.1) is 5.92 Å². The summed E-state index contributed by atoms with van der Waals surface area (Å²) in [6.07, 6.45) is 6.70. The van der Waals surface area contributed by atoms with Crippen LogP contribution in [-0.2, 0) is 12.1 Å². The lowest BCUT2D eigenvalue weighted by Crippen LogP contribution is -2.34. The first-order valence-electron chi connectivity index (χ1n) is 7.22. The van der Waals surface area contributed by atoms with Gasteiger partial charge in [-0.2, -0.15) is 5.10 Å². The number of hydrogen-bond acceptors (Lipinski definition) is 4. The van der Waals surface area contributed by atoms with Crippen LogP contribution in [0.3, 0.4) is 0 Å². The normalized spacial score (nSPS) is 17.0. The highest BCUT2D eigenvalue weighted by Crippen LogP contribution is 2.48. The standard InChI is InChI=1S/C16H18ClN3O2/c1-2-7-22-13-5-6-14(15(17)8-13)16(21,12-3-4-12)9-20-11-18-10-19-20/h2,5-6,8,10-12,21H,1,3-4,7,9H2. The molecule has 1 aliphatic rings. The fraction of sp³-hybridized carbons (Fsp3) is 0.375. The van der Waals surface area contributed by atoms with E-state index in [1.807, 2.05) is 12.1 Å². The summed E-state index contributed by atoms with van der Waals surface area (Å²) in [5.41, 5.74) is -0.333. The van der Waals surface area contributed by atoms with Crippen LogP contribution in [0.5, 0.6) is 5.75 Å². The average Bonchev–Trinajstić information content (AvgIpc) is 3.25. The minimum absolute atomic E-state index is 0.189. The Hall–Kier alpha value is -1.85. The van der Waals surface area contributed by atoms with Gasteiger partial charge in [-0.15, -0.1) is 0 Å². The summed E-state index contributed by atoms with van der Waals surface area (Å²) < 4.78 is 7.11. The summed E-state index contributed by atoms with van der Waals surface area (Å²) in [4.78, 5) is 3.93. The Morgan fingerprint density at radius 1 is 1.50 bits per heavy atom. The van der Waals surface area contributed by atoms with Crippen LogP contribution in [-0.4, -0.2) is 26.5 Å². The van der Waals surface area contributed by atoms with Gasteiger partial charge in [-0.1, -0.05) is 30.3 Å². The molecule has 5 nitrogen and oxygen atoms in total. The number of rotatable bonds is 7. The molecule has 116 valence electrons. The molecule has 0 spiro atoms. The molecule has 6 heteroatoms. The number of halogens is 1. The number of aromatic nitrogens is 3. The number of ether oxygens (including phenoxy) is 1. The van der Waals surface area contributed by atoms with Crippen LogP contribution >= 0.6 is 11.6 Å². The molecule has 3 rings (SSSR count). The van der Waals surface area contributed by atoms with Gasteiger partial charge in [0.05, 0.1) is 11.6 Å². The first kappa shape index (κ1) is 15.1. The maximum atomic E-state index is 11.2. The third-order valence-corrected chi connectivity index (χ3v) is 4.21. The molecule has 1 N–H and O–H groups in total. The second-order valence-electron chi connectivity index (χ2n) is 5.53. The second kappa shape index (κ2) is 6.10. The molecule has 1 unspecified atom stereocenters. The zero-order valence-electron chi connectivity index (χ0n) is 12.2. The van der Waals surface area contributed by atoms with Crippen molar-refractivity contribution in [2.75, 3.05) is 6.61 Å². The van der Waals surface area contributed by atoms with Crippen molar-refractivity contribution in [3.05, 3.63) is 54.1 Å². The van der Waals surface area contributed by atoms with Crippen molar-refractivity contribution in [3.8, 4) is 5.75 Å². The average molecular weight is 320 g/mol. The van der Waals surface area contributed by atoms with E-state index in [1.165, 1.54) is 6.33 Å². The van der Waals surface area contributed by atoms with Gasteiger partial charge in [0.25, 0.3) is 0 Å². The van der Waals surface area contributed by atoms with E-state index in [1.54, 1.807) is 23.2 Å². The lowest BCUT2D eigenvalue weighted by molar-refractivity contribution is -0.00769. The van der Waals surface area contributed by atoms with Gasteiger partial charge in [0.1, 0.15) is 30.6 Å². The monoisotopic (exact) mass is 319 g/mol. The van der Waals surface area contributed by atoms with Crippen molar-refractivity contribution in [1.29, 1.82) is 0 Å². The predicted octanol–water partition coefficient (Wildman–Crippen LogP) is 2.79. The van der Waals surface area contributed by atoms with Gasteiger partial charge < -0.3 is 9.84 Å². The molecule has 1 saturated carbocycles. The molecule has 1 aromatic heterocycles. The van der Waals surface area contributed by atoms with E-state index in [2.05, 4.69) is 16.7 Å². The Bertz CT molecular complexity index is 655. The largest absolute Gasteiger partial charge is 0.490 e. The van der Waals surface area contributed by atoms with E-state index in [-0.39, 0.29) is 5.92 Å². The third-order valence-electron chi connectivity index (χ3n) is 3.90. The maximum absolute atomic E-state index is 11.2. The van der Waals surface area contributed by atoms with Gasteiger partial charge in [0, 0.05) is 5.56 Å². The van der Waals surface area contributed by atoms with E-state index in [4.69, 9.17) is 16.3 Å². The van der Waals surface area contributed by atoms with Gasteiger partial charge in [-0.05, 0) is 30.9 Å². The lowest BCUT2D eigenvalue weighted by Gasteiger charge is -2.29. The Kier molecular flexibility index (Phi) is 4.18. The van der Waals surface area contributed by atoms with Crippen molar-refractivity contribution in [2.45, 2.75) is 25.0 Å². The van der Waals surface area contributed by atoms with Crippen molar-refractivity contribution in [3.63, 3.8) is 0 Å². The van der Waals surface area contributed by atoms with Crippen molar-refractivity contribution >= 4 is 11.6 Å². The first-order valence-corrected chi connectivity index (χ1v) is 7.60. The minimum Gasteiger partial charge on any atom is -0.490 e. The molecule has 22 heavy (non-hydrogen) atoms. The number of benzene rings is 1. The SMILES string of the molecule is C=CCOc1ccc(C(O)(Cn2cncn2)C2CC2)c(Cl)c1. The van der Waals surface area contributed by atoms with E-state index in [0.717, 1.165) is 12.8 Å². The molecular formula is C16H18ClN3O2. The molecule has 1 atom stereocenters. The Labute approximate surface area is 134 Å². The fourth-order valence-corrected chi connectivity index (χ4v) is 2.98. The molecule has 0 saturated heterocycles. The molecule has 1 aromatic carbocycles. The quantitative estimate of drug-likeness (QED) is 0.797. The molecule has 0 radical (unpaired) electrons. The Morgan fingerprint density at radius 3 is 2.91 bits per heavy atom. The topological polar surface area (TPSA) is 60.2 Å². The molecule has 1 heterocycles. The summed E-state index contributed by atoms with van der Waals surface area (Å²) >= 11 is 6.39. The Morgan fingerprint density at radius 2 is 2.32 bits per heavy atom. The zero-order valence-corrected chi connectivity index (χ0v) is 12.9. The lowest BCUT2D eigenvalue weighted by atomic mass is 9.88. The summed E-state index contributed by atoms with van der Waals surface area (Å²) in [5, 5.41) is 15.8. The van der Waals surface area contributed by atoms with Crippen molar-refractivity contribution < 1.29 is 9.84 Å². The van der Waals surface area contributed by atoms with Gasteiger partial charge in [0.15, 0.2) is 0 Å². The number of aliphatic hydroxyl groups is 1. The predicted molar refractivity (Wildman–Crippen MR) is 83.8 cm³/mol. The highest BCUT2D eigenvalue weighted by atomic mass is 35.5. The summed E-state index contributed by atoms with van der Waals surface area (Å²) in [5.74, 6) is 0.849.